The summed E-state index contributed by atoms with van der Waals surface area (Å²) < 4.78 is 29.3. The number of azide groups is 1. The van der Waals surface area contributed by atoms with Gasteiger partial charge < -0.3 is 39.2 Å². The molecule has 2 amide bonds. The van der Waals surface area contributed by atoms with E-state index < -0.39 is 89.1 Å². The zero-order chi connectivity index (χ0) is 39.1. The van der Waals surface area contributed by atoms with Gasteiger partial charge in [-0.3, -0.25) is 4.57 Å². The number of aromatic nitrogens is 2. The van der Waals surface area contributed by atoms with Gasteiger partial charge in [0.2, 0.25) is 0 Å². The Bertz CT molecular complexity index is 1560. The van der Waals surface area contributed by atoms with E-state index in [9.17, 15) is 29.5 Å². The van der Waals surface area contributed by atoms with Crippen molar-refractivity contribution in [3.8, 4) is 0 Å². The van der Waals surface area contributed by atoms with Crippen LogP contribution >= 0.6 is 0 Å². The molecule has 0 aromatic carbocycles. The van der Waals surface area contributed by atoms with E-state index in [-0.39, 0.29) is 5.82 Å². The smallest absolute Gasteiger partial charge is 0.408 e. The first-order valence-corrected chi connectivity index (χ1v) is 16.4. The summed E-state index contributed by atoms with van der Waals surface area (Å²) in [6.07, 6.45) is -2.17. The van der Waals surface area contributed by atoms with Crippen LogP contribution in [-0.4, -0.2) is 94.3 Å². The zero-order valence-electron chi connectivity index (χ0n) is 31.5. The molecule has 0 spiro atoms. The van der Waals surface area contributed by atoms with Crippen LogP contribution in [0.2, 0.25) is 0 Å². The van der Waals surface area contributed by atoms with Crippen LogP contribution in [0.4, 0.5) is 15.4 Å². The van der Waals surface area contributed by atoms with Gasteiger partial charge in [-0.25, -0.2) is 29.0 Å². The number of alkyl carbamates (subject to hydrolysis) is 2. The maximum atomic E-state index is 13.8. The highest BCUT2D eigenvalue weighted by Crippen LogP contribution is 2.45. The van der Waals surface area contributed by atoms with Gasteiger partial charge in [-0.2, -0.15) is 4.98 Å². The lowest BCUT2D eigenvalue weighted by Gasteiger charge is -2.33. The Morgan fingerprint density at radius 3 is 1.94 bits per heavy atom. The molecule has 51 heavy (non-hydrogen) atoms. The van der Waals surface area contributed by atoms with Gasteiger partial charge in [-0.15, -0.1) is 0 Å². The summed E-state index contributed by atoms with van der Waals surface area (Å²) in [4.78, 5) is 78.6. The topological polar surface area (TPSA) is 238 Å². The molecule has 0 aliphatic carbocycles. The Labute approximate surface area is 297 Å². The van der Waals surface area contributed by atoms with Gasteiger partial charge in [0.1, 0.15) is 29.5 Å². The number of carbonyl (C=O) groups excluding carboxylic acids is 4. The van der Waals surface area contributed by atoms with Gasteiger partial charge in [0.15, 0.2) is 11.9 Å². The standard InChI is InChI=1S/C32H51N9O10/c1-17(2)21(36-28(45)50-30(6,7)8)25(42)47-23-19(5)24(41-15-14-20(35-27(41)44)34-16-40(12)13)48-32(23,38-39-33)49-26(43)22(18(3)4)37-29(46)51-31(9,10)11/h14-19,21-24H,1-13H3,(H,36,45)(H,37,46)/t19-,21-,22+,23-,24+,32-/m0/s1. The van der Waals surface area contributed by atoms with Crippen LogP contribution in [0.15, 0.2) is 27.2 Å². The molecular weight excluding hydrogens is 670 g/mol. The van der Waals surface area contributed by atoms with Crippen LogP contribution in [0, 0.1) is 17.8 Å². The Balaban J connectivity index is 2.64. The fourth-order valence-corrected chi connectivity index (χ4v) is 4.68. The lowest BCUT2D eigenvalue weighted by molar-refractivity contribution is -0.259. The molecule has 2 N–H and O–H groups in total. The van der Waals surface area contributed by atoms with Crippen molar-refractivity contribution in [2.45, 2.75) is 118 Å². The number of rotatable bonds is 12. The molecular formula is C32H51N9O10. The Kier molecular flexibility index (Phi) is 14.0. The lowest BCUT2D eigenvalue weighted by Crippen LogP contribution is -2.54. The third-order valence-electron chi connectivity index (χ3n) is 6.95. The van der Waals surface area contributed by atoms with Crippen molar-refractivity contribution in [1.82, 2.24) is 25.1 Å². The number of ether oxygens (including phenoxy) is 5. The van der Waals surface area contributed by atoms with Crippen LogP contribution in [0.1, 0.15) is 82.4 Å². The summed E-state index contributed by atoms with van der Waals surface area (Å²) in [7, 11) is 3.47. The molecule has 1 saturated heterocycles. The monoisotopic (exact) mass is 721 g/mol. The molecule has 0 bridgehead atoms. The summed E-state index contributed by atoms with van der Waals surface area (Å²) >= 11 is 0. The number of carbonyl (C=O) groups is 4. The minimum atomic E-state index is -2.72. The fraction of sp³-hybridized carbons (Fsp3) is 0.719. The van der Waals surface area contributed by atoms with E-state index in [4.69, 9.17) is 23.7 Å². The predicted molar refractivity (Wildman–Crippen MR) is 183 cm³/mol. The van der Waals surface area contributed by atoms with Gasteiger partial charge >= 0.3 is 35.7 Å². The van der Waals surface area contributed by atoms with Gasteiger partial charge in [-0.1, -0.05) is 34.6 Å². The molecule has 1 aromatic heterocycles. The van der Waals surface area contributed by atoms with Crippen LogP contribution in [-0.2, 0) is 33.3 Å². The number of nitrogens with one attached hydrogen (secondary N) is 2. The molecule has 0 unspecified atom stereocenters. The second-order valence-corrected chi connectivity index (χ2v) is 14.9. The molecule has 1 aliphatic rings. The van der Waals surface area contributed by atoms with E-state index in [0.29, 0.717) is 0 Å². The summed E-state index contributed by atoms with van der Waals surface area (Å²) in [6.45, 7) is 17.9. The first-order valence-electron chi connectivity index (χ1n) is 16.4. The molecule has 6 atom stereocenters. The van der Waals surface area contributed by atoms with Crippen molar-refractivity contribution in [2.75, 3.05) is 14.1 Å². The molecule has 0 saturated carbocycles. The Morgan fingerprint density at radius 1 is 1.00 bits per heavy atom. The van der Waals surface area contributed by atoms with Crippen molar-refractivity contribution in [3.63, 3.8) is 0 Å². The van der Waals surface area contributed by atoms with E-state index in [1.54, 1.807) is 88.2 Å². The quantitative estimate of drug-likeness (QED) is 0.0589. The fourth-order valence-electron chi connectivity index (χ4n) is 4.68. The molecule has 1 fully saturated rings. The summed E-state index contributed by atoms with van der Waals surface area (Å²) in [6, 6.07) is -1.24. The van der Waals surface area contributed by atoms with Gasteiger partial charge in [0.25, 0.3) is 0 Å². The molecule has 0 radical (unpaired) electrons. The summed E-state index contributed by atoms with van der Waals surface area (Å²) in [5, 5.41) is 8.59. The number of hydrogen-bond donors (Lipinski definition) is 2. The minimum Gasteiger partial charge on any atom is -0.453 e. The van der Waals surface area contributed by atoms with E-state index in [1.165, 1.54) is 25.5 Å². The van der Waals surface area contributed by atoms with Crippen molar-refractivity contribution in [2.24, 2.45) is 27.9 Å². The van der Waals surface area contributed by atoms with Gasteiger partial charge in [0, 0.05) is 31.1 Å². The minimum absolute atomic E-state index is 0.0762. The average molecular weight is 722 g/mol. The van der Waals surface area contributed by atoms with Gasteiger partial charge in [-0.05, 0) is 70.1 Å². The molecule has 19 nitrogen and oxygen atoms in total. The first-order chi connectivity index (χ1) is 23.4. The number of nitrogens with zero attached hydrogens (tertiary/aromatic N) is 7. The molecule has 19 heteroatoms. The highest BCUT2D eigenvalue weighted by Gasteiger charge is 2.61. The molecule has 284 valence electrons. The van der Waals surface area contributed by atoms with E-state index in [2.05, 4.69) is 30.6 Å². The molecule has 2 rings (SSSR count). The van der Waals surface area contributed by atoms with Gasteiger partial charge in [0.05, 0.1) is 6.34 Å². The highest BCUT2D eigenvalue weighted by atomic mass is 16.8. The average Bonchev–Trinajstić information content (AvgIpc) is 3.21. The van der Waals surface area contributed by atoms with E-state index in [0.717, 1.165) is 4.57 Å². The summed E-state index contributed by atoms with van der Waals surface area (Å²) in [5.74, 6) is -6.99. The third-order valence-corrected chi connectivity index (χ3v) is 6.95. The van der Waals surface area contributed by atoms with Crippen molar-refractivity contribution >= 4 is 36.3 Å². The number of aliphatic imine (C=N–C) groups is 1. The molecule has 1 aliphatic heterocycles. The predicted octanol–water partition coefficient (Wildman–Crippen LogP) is 4.15. The maximum absolute atomic E-state index is 13.8. The second kappa shape index (κ2) is 16.9. The zero-order valence-corrected chi connectivity index (χ0v) is 31.5. The normalized spacial score (nSPS) is 21.7. The SMILES string of the molecule is CC(C)[C@H](NC(=O)OC(C)(C)C)C(=O)O[C@H]1[C@H](C)[C@H](n2ccc(N=CN(C)C)nc2=O)O[C@]1(N=[N+]=[N-])OC(=O)[C@H](NC(=O)OC(C)(C)C)C(C)C. The number of amides is 2. The van der Waals surface area contributed by atoms with Crippen LogP contribution in [0.3, 0.4) is 0 Å². The van der Waals surface area contributed by atoms with Crippen LogP contribution in [0.25, 0.3) is 10.4 Å². The molecule has 1 aromatic rings. The largest absolute Gasteiger partial charge is 0.453 e. The third kappa shape index (κ3) is 12.1. The highest BCUT2D eigenvalue weighted by molar-refractivity contribution is 5.83. The second-order valence-electron chi connectivity index (χ2n) is 14.9. The lowest BCUT2D eigenvalue weighted by atomic mass is 10.0. The molecule has 2 heterocycles. The Morgan fingerprint density at radius 2 is 1.51 bits per heavy atom. The van der Waals surface area contributed by atoms with E-state index >= 15 is 0 Å². The number of esters is 2. The van der Waals surface area contributed by atoms with Crippen LogP contribution in [0.5, 0.6) is 0 Å². The van der Waals surface area contributed by atoms with Crippen molar-refractivity contribution in [3.05, 3.63) is 33.2 Å². The summed E-state index contributed by atoms with van der Waals surface area (Å²) in [5.41, 5.74) is 7.11. The van der Waals surface area contributed by atoms with E-state index in [1.807, 2.05) is 0 Å². The maximum Gasteiger partial charge on any atom is 0.408 e. The van der Waals surface area contributed by atoms with Crippen molar-refractivity contribution in [1.29, 1.82) is 0 Å². The van der Waals surface area contributed by atoms with Crippen LogP contribution < -0.4 is 16.3 Å². The first kappa shape index (κ1) is 42.3. The number of hydrogen-bond acceptors (Lipinski definition) is 13. The Hall–Kier alpha value is -4.90. The van der Waals surface area contributed by atoms with Crippen molar-refractivity contribution < 1.29 is 42.9 Å².